The van der Waals surface area contributed by atoms with Gasteiger partial charge in [0.25, 0.3) is 5.91 Å². The minimum absolute atomic E-state index is 0. The molecular formula is C28H42ClN5O4. The molecule has 2 fully saturated rings. The first-order valence-corrected chi connectivity index (χ1v) is 13.5. The van der Waals surface area contributed by atoms with Crippen molar-refractivity contribution in [3.05, 3.63) is 30.0 Å². The number of ether oxygens (including phenoxy) is 1. The number of hydrogen-bond donors (Lipinski definition) is 2. The van der Waals surface area contributed by atoms with Gasteiger partial charge >= 0.3 is 0 Å². The minimum atomic E-state index is -0.522. The van der Waals surface area contributed by atoms with Crippen molar-refractivity contribution in [2.45, 2.75) is 64.1 Å². The molecular weight excluding hydrogens is 506 g/mol. The molecule has 1 saturated heterocycles. The Morgan fingerprint density at radius 1 is 1.08 bits per heavy atom. The lowest BCUT2D eigenvalue weighted by Crippen LogP contribution is -2.61. The van der Waals surface area contributed by atoms with Gasteiger partial charge in [0.2, 0.25) is 11.8 Å². The van der Waals surface area contributed by atoms with Crippen LogP contribution in [0.2, 0.25) is 0 Å². The van der Waals surface area contributed by atoms with Gasteiger partial charge in [0.05, 0.1) is 18.7 Å². The number of amides is 3. The van der Waals surface area contributed by atoms with E-state index in [4.69, 9.17) is 4.74 Å². The van der Waals surface area contributed by atoms with Crippen LogP contribution in [-0.4, -0.2) is 84.0 Å². The van der Waals surface area contributed by atoms with Gasteiger partial charge in [-0.05, 0) is 57.9 Å². The highest BCUT2D eigenvalue weighted by Crippen LogP contribution is 2.29. The molecule has 1 aromatic heterocycles. The average Bonchev–Trinajstić information content (AvgIpc) is 3.26. The summed E-state index contributed by atoms with van der Waals surface area (Å²) in [6, 6.07) is 6.66. The van der Waals surface area contributed by atoms with Crippen molar-refractivity contribution in [3.8, 4) is 5.75 Å². The Bertz CT molecular complexity index is 1150. The SMILES string of the molecule is CN[C@@H](C)C(=O)N[C@H](C(=O)N1CCN(C(=O)c2cc3ccc(OC)cc3n2C)[C@@H](C)C1)C1CCCCC1.Cl. The number of aryl methyl sites for hydroxylation is 1. The van der Waals surface area contributed by atoms with Crippen LogP contribution in [0.3, 0.4) is 0 Å². The number of nitrogens with zero attached hydrogens (tertiary/aromatic N) is 3. The van der Waals surface area contributed by atoms with Crippen molar-refractivity contribution >= 4 is 41.0 Å². The molecule has 2 heterocycles. The van der Waals surface area contributed by atoms with Gasteiger partial charge in [0.1, 0.15) is 17.5 Å². The predicted octanol–water partition coefficient (Wildman–Crippen LogP) is 2.95. The van der Waals surface area contributed by atoms with Gasteiger partial charge in [0, 0.05) is 44.2 Å². The standard InChI is InChI=1S/C28H41N5O4.ClH/c1-18-17-32(28(36)25(20-9-7-6-8-10-20)30-26(34)19(2)29-3)13-14-33(18)27(35)24-15-21-11-12-22(37-5)16-23(21)31(24)4;/h11-12,15-16,18-20,25,29H,6-10,13-14,17H2,1-5H3,(H,30,34);1H/t18-,19-,25-;/m0./s1. The Morgan fingerprint density at radius 3 is 2.42 bits per heavy atom. The summed E-state index contributed by atoms with van der Waals surface area (Å²) in [6.07, 6.45) is 5.24. The quantitative estimate of drug-likeness (QED) is 0.555. The molecule has 0 unspecified atom stereocenters. The number of fused-ring (bicyclic) bond motifs is 1. The summed E-state index contributed by atoms with van der Waals surface area (Å²) in [5, 5.41) is 7.00. The third kappa shape index (κ3) is 6.10. The third-order valence-electron chi connectivity index (χ3n) is 8.18. The molecule has 2 aromatic rings. The molecule has 4 rings (SSSR count). The van der Waals surface area contributed by atoms with E-state index >= 15 is 0 Å². The Morgan fingerprint density at radius 2 is 1.79 bits per heavy atom. The number of benzene rings is 1. The summed E-state index contributed by atoms with van der Waals surface area (Å²) in [6.45, 7) is 5.14. The van der Waals surface area contributed by atoms with E-state index < -0.39 is 6.04 Å². The number of aromatic nitrogens is 1. The van der Waals surface area contributed by atoms with Crippen LogP contribution in [0.5, 0.6) is 5.75 Å². The smallest absolute Gasteiger partial charge is 0.270 e. The van der Waals surface area contributed by atoms with Crippen LogP contribution in [0.1, 0.15) is 56.4 Å². The molecule has 0 spiro atoms. The van der Waals surface area contributed by atoms with Gasteiger partial charge in [-0.25, -0.2) is 0 Å². The number of rotatable bonds is 7. The molecule has 38 heavy (non-hydrogen) atoms. The summed E-state index contributed by atoms with van der Waals surface area (Å²) in [7, 11) is 5.26. The van der Waals surface area contributed by atoms with Crippen molar-refractivity contribution in [2.75, 3.05) is 33.8 Å². The van der Waals surface area contributed by atoms with E-state index in [0.717, 1.165) is 42.3 Å². The highest BCUT2D eigenvalue weighted by Gasteiger charge is 2.38. The van der Waals surface area contributed by atoms with E-state index in [1.54, 1.807) is 21.1 Å². The summed E-state index contributed by atoms with van der Waals surface area (Å²) in [5.74, 6) is 0.672. The van der Waals surface area contributed by atoms with Crippen molar-refractivity contribution in [1.29, 1.82) is 0 Å². The fourth-order valence-electron chi connectivity index (χ4n) is 5.70. The lowest BCUT2D eigenvalue weighted by Gasteiger charge is -2.42. The van der Waals surface area contributed by atoms with E-state index in [9.17, 15) is 14.4 Å². The van der Waals surface area contributed by atoms with Crippen molar-refractivity contribution < 1.29 is 19.1 Å². The first-order chi connectivity index (χ1) is 17.7. The number of likely N-dealkylation sites (N-methyl/N-ethyl adjacent to an activating group) is 1. The molecule has 210 valence electrons. The van der Waals surface area contributed by atoms with E-state index in [1.807, 2.05) is 52.6 Å². The van der Waals surface area contributed by atoms with Crippen LogP contribution in [0.15, 0.2) is 24.3 Å². The van der Waals surface area contributed by atoms with Crippen LogP contribution in [0.4, 0.5) is 0 Å². The second kappa shape index (κ2) is 12.8. The molecule has 2 aliphatic rings. The Kier molecular flexibility index (Phi) is 10.1. The topological polar surface area (TPSA) is 95.9 Å². The lowest BCUT2D eigenvalue weighted by molar-refractivity contribution is -0.140. The number of nitrogens with one attached hydrogen (secondary N) is 2. The van der Waals surface area contributed by atoms with Crippen LogP contribution in [0.25, 0.3) is 10.9 Å². The van der Waals surface area contributed by atoms with Gasteiger partial charge in [0.15, 0.2) is 0 Å². The Labute approximate surface area is 231 Å². The van der Waals surface area contributed by atoms with Crippen LogP contribution < -0.4 is 15.4 Å². The second-order valence-corrected chi connectivity index (χ2v) is 10.5. The summed E-state index contributed by atoms with van der Waals surface area (Å²) < 4.78 is 7.25. The minimum Gasteiger partial charge on any atom is -0.497 e. The van der Waals surface area contributed by atoms with Crippen molar-refractivity contribution in [2.24, 2.45) is 13.0 Å². The predicted molar refractivity (Wildman–Crippen MR) is 151 cm³/mol. The zero-order valence-electron chi connectivity index (χ0n) is 23.2. The molecule has 1 saturated carbocycles. The Hall–Kier alpha value is -2.78. The number of methoxy groups -OCH3 is 1. The fraction of sp³-hybridized carbons (Fsp3) is 0.607. The first-order valence-electron chi connectivity index (χ1n) is 13.5. The highest BCUT2D eigenvalue weighted by atomic mass is 35.5. The van der Waals surface area contributed by atoms with Crippen LogP contribution in [-0.2, 0) is 16.6 Å². The molecule has 3 amide bonds. The Balaban J connectivity index is 0.00000400. The van der Waals surface area contributed by atoms with Crippen LogP contribution >= 0.6 is 12.4 Å². The molecule has 9 nitrogen and oxygen atoms in total. The molecule has 0 bridgehead atoms. The molecule has 0 radical (unpaired) electrons. The van der Waals surface area contributed by atoms with Crippen LogP contribution in [0, 0.1) is 5.92 Å². The highest BCUT2D eigenvalue weighted by molar-refractivity contribution is 5.99. The van der Waals surface area contributed by atoms with E-state index in [1.165, 1.54) is 6.42 Å². The normalized spacial score (nSPS) is 20.0. The maximum absolute atomic E-state index is 13.7. The summed E-state index contributed by atoms with van der Waals surface area (Å²) in [4.78, 5) is 43.7. The number of hydrogen-bond acceptors (Lipinski definition) is 5. The zero-order chi connectivity index (χ0) is 26.7. The number of halogens is 1. The van der Waals surface area contributed by atoms with E-state index in [-0.39, 0.29) is 48.1 Å². The van der Waals surface area contributed by atoms with Crippen molar-refractivity contribution in [1.82, 2.24) is 25.0 Å². The summed E-state index contributed by atoms with van der Waals surface area (Å²) in [5.41, 5.74) is 1.55. The van der Waals surface area contributed by atoms with Gasteiger partial charge < -0.3 is 29.7 Å². The molecule has 1 aliphatic carbocycles. The van der Waals surface area contributed by atoms with Crippen molar-refractivity contribution in [3.63, 3.8) is 0 Å². The van der Waals surface area contributed by atoms with Gasteiger partial charge in [-0.15, -0.1) is 12.4 Å². The van der Waals surface area contributed by atoms with Gasteiger partial charge in [-0.3, -0.25) is 14.4 Å². The molecule has 2 N–H and O–H groups in total. The second-order valence-electron chi connectivity index (χ2n) is 10.5. The fourth-order valence-corrected chi connectivity index (χ4v) is 5.70. The molecule has 3 atom stereocenters. The van der Waals surface area contributed by atoms with Gasteiger partial charge in [-0.2, -0.15) is 0 Å². The lowest BCUT2D eigenvalue weighted by atomic mass is 9.83. The first kappa shape index (κ1) is 29.8. The number of piperazine rings is 1. The number of carbonyl (C=O) groups excluding carboxylic acids is 3. The monoisotopic (exact) mass is 547 g/mol. The maximum atomic E-state index is 13.7. The largest absolute Gasteiger partial charge is 0.497 e. The summed E-state index contributed by atoms with van der Waals surface area (Å²) >= 11 is 0. The van der Waals surface area contributed by atoms with E-state index in [0.29, 0.717) is 25.3 Å². The number of carbonyl (C=O) groups is 3. The maximum Gasteiger partial charge on any atom is 0.270 e. The third-order valence-corrected chi connectivity index (χ3v) is 8.18. The molecule has 1 aromatic carbocycles. The molecule has 1 aliphatic heterocycles. The zero-order valence-corrected chi connectivity index (χ0v) is 24.0. The average molecular weight is 548 g/mol. The van der Waals surface area contributed by atoms with Gasteiger partial charge in [-0.1, -0.05) is 19.3 Å². The van der Waals surface area contributed by atoms with E-state index in [2.05, 4.69) is 10.6 Å². The molecule has 10 heteroatoms.